The molecule has 0 aliphatic carbocycles. The third-order valence-corrected chi connectivity index (χ3v) is 2.83. The lowest BCUT2D eigenvalue weighted by Gasteiger charge is -2.17. The van der Waals surface area contributed by atoms with Crippen LogP contribution in [0.5, 0.6) is 5.75 Å². The number of nitrogens with two attached hydrogens (primary N) is 1. The van der Waals surface area contributed by atoms with Gasteiger partial charge in [0.25, 0.3) is 0 Å². The Morgan fingerprint density at radius 2 is 1.83 bits per heavy atom. The average molecular weight is 257 g/mol. The largest absolute Gasteiger partial charge is 0.434 e. The molecular formula is C14H21F2NO. The Labute approximate surface area is 107 Å². The number of benzene rings is 1. The molecule has 0 aliphatic heterocycles. The van der Waals surface area contributed by atoms with Crippen LogP contribution in [0.15, 0.2) is 24.3 Å². The minimum atomic E-state index is -2.81. The Morgan fingerprint density at radius 1 is 1.17 bits per heavy atom. The molecule has 0 spiro atoms. The second kappa shape index (κ2) is 7.31. The SMILES string of the molecule is CC(C)CCCC(N)c1ccccc1OC(F)F. The summed E-state index contributed by atoms with van der Waals surface area (Å²) in [6, 6.07) is 6.48. The van der Waals surface area contributed by atoms with Crippen molar-refractivity contribution in [2.75, 3.05) is 0 Å². The molecule has 0 amide bonds. The van der Waals surface area contributed by atoms with Gasteiger partial charge in [-0.1, -0.05) is 44.9 Å². The van der Waals surface area contributed by atoms with Crippen molar-refractivity contribution in [1.82, 2.24) is 0 Å². The third kappa shape index (κ3) is 5.00. The van der Waals surface area contributed by atoms with Crippen LogP contribution < -0.4 is 10.5 Å². The Hall–Kier alpha value is -1.16. The van der Waals surface area contributed by atoms with Gasteiger partial charge in [0.1, 0.15) is 5.75 Å². The van der Waals surface area contributed by atoms with E-state index in [2.05, 4.69) is 18.6 Å². The highest BCUT2D eigenvalue weighted by molar-refractivity contribution is 5.35. The average Bonchev–Trinajstić information content (AvgIpc) is 2.28. The molecule has 1 atom stereocenters. The second-order valence-electron chi connectivity index (χ2n) is 4.85. The Kier molecular flexibility index (Phi) is 6.05. The standard InChI is InChI=1S/C14H21F2NO/c1-10(2)6-5-8-12(17)11-7-3-4-9-13(11)18-14(15)16/h3-4,7,9-10,12,14H,5-6,8,17H2,1-2H3. The van der Waals surface area contributed by atoms with Crippen LogP contribution in [0.25, 0.3) is 0 Å². The molecule has 0 heterocycles. The van der Waals surface area contributed by atoms with Gasteiger partial charge in [-0.3, -0.25) is 0 Å². The van der Waals surface area contributed by atoms with Crippen molar-refractivity contribution in [2.24, 2.45) is 11.7 Å². The maximum atomic E-state index is 12.3. The fourth-order valence-corrected chi connectivity index (χ4v) is 1.89. The summed E-state index contributed by atoms with van der Waals surface area (Å²) in [4.78, 5) is 0. The van der Waals surface area contributed by atoms with E-state index in [1.165, 1.54) is 6.07 Å². The summed E-state index contributed by atoms with van der Waals surface area (Å²) in [6.07, 6.45) is 2.86. The maximum Gasteiger partial charge on any atom is 0.387 e. The predicted octanol–water partition coefficient (Wildman–Crippen LogP) is 4.11. The zero-order valence-electron chi connectivity index (χ0n) is 10.9. The third-order valence-electron chi connectivity index (χ3n) is 2.83. The van der Waals surface area contributed by atoms with Crippen molar-refractivity contribution >= 4 is 0 Å². The van der Waals surface area contributed by atoms with Gasteiger partial charge in [-0.15, -0.1) is 0 Å². The second-order valence-corrected chi connectivity index (χ2v) is 4.85. The van der Waals surface area contributed by atoms with Crippen molar-refractivity contribution in [1.29, 1.82) is 0 Å². The van der Waals surface area contributed by atoms with E-state index in [1.807, 2.05) is 0 Å². The topological polar surface area (TPSA) is 35.2 Å². The van der Waals surface area contributed by atoms with Gasteiger partial charge >= 0.3 is 6.61 Å². The normalized spacial score (nSPS) is 13.1. The van der Waals surface area contributed by atoms with Crippen LogP contribution in [0.3, 0.4) is 0 Å². The van der Waals surface area contributed by atoms with Crippen molar-refractivity contribution in [2.45, 2.75) is 45.8 Å². The van der Waals surface area contributed by atoms with Gasteiger partial charge in [0.2, 0.25) is 0 Å². The summed E-state index contributed by atoms with van der Waals surface area (Å²) < 4.78 is 29.0. The minimum Gasteiger partial charge on any atom is -0.434 e. The summed E-state index contributed by atoms with van der Waals surface area (Å²) in [5, 5.41) is 0. The van der Waals surface area contributed by atoms with E-state index in [0.717, 1.165) is 19.3 Å². The molecule has 4 heteroatoms. The van der Waals surface area contributed by atoms with E-state index in [9.17, 15) is 8.78 Å². The molecule has 0 fully saturated rings. The van der Waals surface area contributed by atoms with E-state index >= 15 is 0 Å². The van der Waals surface area contributed by atoms with Crippen LogP contribution in [0.1, 0.15) is 44.7 Å². The van der Waals surface area contributed by atoms with E-state index in [-0.39, 0.29) is 11.8 Å². The molecule has 0 radical (unpaired) electrons. The van der Waals surface area contributed by atoms with Crippen LogP contribution in [0.4, 0.5) is 8.78 Å². The van der Waals surface area contributed by atoms with Crippen molar-refractivity contribution in [3.63, 3.8) is 0 Å². The number of hydrogen-bond acceptors (Lipinski definition) is 2. The minimum absolute atomic E-state index is 0.185. The van der Waals surface area contributed by atoms with Crippen molar-refractivity contribution in [3.05, 3.63) is 29.8 Å². The highest BCUT2D eigenvalue weighted by atomic mass is 19.3. The lowest BCUT2D eigenvalue weighted by atomic mass is 9.98. The van der Waals surface area contributed by atoms with Gasteiger partial charge in [0.15, 0.2) is 0 Å². The molecule has 2 nitrogen and oxygen atoms in total. The monoisotopic (exact) mass is 257 g/mol. The van der Waals surface area contributed by atoms with E-state index in [4.69, 9.17) is 5.73 Å². The van der Waals surface area contributed by atoms with Crippen LogP contribution in [0, 0.1) is 5.92 Å². The molecule has 102 valence electrons. The molecule has 1 unspecified atom stereocenters. The van der Waals surface area contributed by atoms with Gasteiger partial charge in [0, 0.05) is 11.6 Å². The molecule has 1 rings (SSSR count). The molecular weight excluding hydrogens is 236 g/mol. The molecule has 0 aliphatic rings. The number of para-hydroxylation sites is 1. The highest BCUT2D eigenvalue weighted by Gasteiger charge is 2.14. The smallest absolute Gasteiger partial charge is 0.387 e. The first-order valence-corrected chi connectivity index (χ1v) is 6.30. The van der Waals surface area contributed by atoms with Crippen LogP contribution >= 0.6 is 0 Å². The lowest BCUT2D eigenvalue weighted by molar-refractivity contribution is -0.0506. The van der Waals surface area contributed by atoms with Crippen LogP contribution in [0.2, 0.25) is 0 Å². The van der Waals surface area contributed by atoms with Crippen LogP contribution in [-0.4, -0.2) is 6.61 Å². The Bertz CT molecular complexity index is 355. The molecule has 0 bridgehead atoms. The van der Waals surface area contributed by atoms with Gasteiger partial charge < -0.3 is 10.5 Å². The lowest BCUT2D eigenvalue weighted by Crippen LogP contribution is -2.13. The fraction of sp³-hybridized carbons (Fsp3) is 0.571. The molecule has 18 heavy (non-hydrogen) atoms. The zero-order chi connectivity index (χ0) is 13.5. The first kappa shape index (κ1) is 14.9. The van der Waals surface area contributed by atoms with Gasteiger partial charge in [-0.25, -0.2) is 0 Å². The van der Waals surface area contributed by atoms with Gasteiger partial charge in [0.05, 0.1) is 0 Å². The van der Waals surface area contributed by atoms with E-state index in [1.54, 1.807) is 18.2 Å². The summed E-state index contributed by atoms with van der Waals surface area (Å²) in [7, 11) is 0. The molecule has 0 saturated carbocycles. The number of ether oxygens (including phenoxy) is 1. The first-order valence-electron chi connectivity index (χ1n) is 6.30. The van der Waals surface area contributed by atoms with Crippen molar-refractivity contribution < 1.29 is 13.5 Å². The van der Waals surface area contributed by atoms with Gasteiger partial charge in [-0.2, -0.15) is 8.78 Å². The van der Waals surface area contributed by atoms with E-state index in [0.29, 0.717) is 11.5 Å². The fourth-order valence-electron chi connectivity index (χ4n) is 1.89. The van der Waals surface area contributed by atoms with Crippen LogP contribution in [-0.2, 0) is 0 Å². The highest BCUT2D eigenvalue weighted by Crippen LogP contribution is 2.28. The quantitative estimate of drug-likeness (QED) is 0.797. The summed E-state index contributed by atoms with van der Waals surface area (Å²) >= 11 is 0. The maximum absolute atomic E-state index is 12.3. The number of halogens is 2. The molecule has 0 aromatic heterocycles. The van der Waals surface area contributed by atoms with Crippen molar-refractivity contribution in [3.8, 4) is 5.75 Å². The molecule has 2 N–H and O–H groups in total. The van der Waals surface area contributed by atoms with E-state index < -0.39 is 6.61 Å². The predicted molar refractivity (Wildman–Crippen MR) is 68.7 cm³/mol. The molecule has 0 saturated heterocycles. The summed E-state index contributed by atoms with van der Waals surface area (Å²) in [5.41, 5.74) is 6.69. The number of rotatable bonds is 7. The number of hydrogen-bond donors (Lipinski definition) is 1. The molecule has 1 aromatic rings. The summed E-state index contributed by atoms with van der Waals surface area (Å²) in [6.45, 7) is 1.49. The van der Waals surface area contributed by atoms with Gasteiger partial charge in [-0.05, 0) is 18.4 Å². The number of alkyl halides is 2. The molecule has 1 aromatic carbocycles. The Balaban J connectivity index is 2.63. The first-order chi connectivity index (χ1) is 8.50. The Morgan fingerprint density at radius 3 is 2.44 bits per heavy atom. The zero-order valence-corrected chi connectivity index (χ0v) is 10.9. The summed E-state index contributed by atoms with van der Waals surface area (Å²) in [5.74, 6) is 0.814.